The maximum absolute atomic E-state index is 3.52. The van der Waals surface area contributed by atoms with Gasteiger partial charge in [-0.15, -0.1) is 0 Å². The summed E-state index contributed by atoms with van der Waals surface area (Å²) >= 11 is 0. The second-order valence-corrected chi connectivity index (χ2v) is 5.11. The number of fused-ring (bicyclic) bond motifs is 1. The molecule has 1 aromatic carbocycles. The fraction of sp³-hybridized carbons (Fsp3) is 0.467. The Balaban J connectivity index is 1.47. The summed E-state index contributed by atoms with van der Waals surface area (Å²) in [6.07, 6.45) is 2.75. The van der Waals surface area contributed by atoms with Gasteiger partial charge in [0, 0.05) is 30.8 Å². The van der Waals surface area contributed by atoms with Crippen LogP contribution >= 0.6 is 0 Å². The second kappa shape index (κ2) is 5.55. The lowest BCUT2D eigenvalue weighted by Crippen LogP contribution is -2.29. The van der Waals surface area contributed by atoms with Gasteiger partial charge in [-0.05, 0) is 43.5 Å². The fourth-order valence-corrected chi connectivity index (χ4v) is 2.70. The fourth-order valence-electron chi connectivity index (χ4n) is 2.70. The van der Waals surface area contributed by atoms with E-state index in [9.17, 15) is 0 Å². The normalized spacial score (nSPS) is 16.7. The van der Waals surface area contributed by atoms with Crippen LogP contribution in [-0.4, -0.2) is 36.1 Å². The number of aromatic amines is 1. The number of likely N-dealkylation sites (tertiary alicyclic amines) is 1. The molecule has 0 bridgehead atoms. The molecular weight excluding hydrogens is 222 g/mol. The number of H-pyrrole nitrogens is 1. The number of nitrogens with zero attached hydrogens (tertiary/aromatic N) is 1. The lowest BCUT2D eigenvalue weighted by atomic mass is 10.2. The highest BCUT2D eigenvalue weighted by Crippen LogP contribution is 2.14. The Morgan fingerprint density at radius 2 is 2.00 bits per heavy atom. The topological polar surface area (TPSA) is 31.1 Å². The highest BCUT2D eigenvalue weighted by atomic mass is 15.1. The minimum absolute atomic E-state index is 0.933. The number of para-hydroxylation sites is 1. The smallest absolute Gasteiger partial charge is 0.0456 e. The Labute approximate surface area is 108 Å². The van der Waals surface area contributed by atoms with Crippen LogP contribution in [0.3, 0.4) is 0 Å². The predicted molar refractivity (Wildman–Crippen MR) is 75.7 cm³/mol. The van der Waals surface area contributed by atoms with E-state index in [0.29, 0.717) is 0 Å². The molecule has 1 saturated heterocycles. The summed E-state index contributed by atoms with van der Waals surface area (Å²) in [6.45, 7) is 5.76. The van der Waals surface area contributed by atoms with Crippen LogP contribution in [0, 0.1) is 0 Å². The van der Waals surface area contributed by atoms with Crippen LogP contribution in [0.2, 0.25) is 0 Å². The Bertz CT molecular complexity index is 464. The van der Waals surface area contributed by atoms with E-state index in [-0.39, 0.29) is 0 Å². The van der Waals surface area contributed by atoms with Crippen molar-refractivity contribution in [1.29, 1.82) is 0 Å². The zero-order valence-corrected chi connectivity index (χ0v) is 10.8. The first-order valence-electron chi connectivity index (χ1n) is 6.91. The third kappa shape index (κ3) is 2.74. The lowest BCUT2D eigenvalue weighted by Gasteiger charge is -2.14. The van der Waals surface area contributed by atoms with Crippen LogP contribution in [-0.2, 0) is 6.54 Å². The largest absolute Gasteiger partial charge is 0.357 e. The first-order valence-corrected chi connectivity index (χ1v) is 6.91. The predicted octanol–water partition coefficient (Wildman–Crippen LogP) is 2.35. The number of hydrogen-bond acceptors (Lipinski definition) is 2. The van der Waals surface area contributed by atoms with Gasteiger partial charge in [0.2, 0.25) is 0 Å². The number of rotatable bonds is 5. The molecule has 1 aliphatic rings. The summed E-state index contributed by atoms with van der Waals surface area (Å²) < 4.78 is 0. The summed E-state index contributed by atoms with van der Waals surface area (Å²) in [5.41, 5.74) is 2.51. The average Bonchev–Trinajstić information content (AvgIpc) is 3.03. The van der Waals surface area contributed by atoms with Crippen molar-refractivity contribution < 1.29 is 0 Å². The van der Waals surface area contributed by atoms with Gasteiger partial charge < -0.3 is 15.2 Å². The molecule has 3 rings (SSSR count). The summed E-state index contributed by atoms with van der Waals surface area (Å²) in [5.74, 6) is 0. The Hall–Kier alpha value is -1.32. The van der Waals surface area contributed by atoms with Crippen LogP contribution in [0.5, 0.6) is 0 Å². The molecular formula is C15H21N3. The monoisotopic (exact) mass is 243 g/mol. The molecule has 1 fully saturated rings. The molecule has 0 radical (unpaired) electrons. The van der Waals surface area contributed by atoms with Gasteiger partial charge in [-0.1, -0.05) is 18.2 Å². The van der Waals surface area contributed by atoms with Gasteiger partial charge in [-0.3, -0.25) is 0 Å². The van der Waals surface area contributed by atoms with E-state index in [1.165, 1.54) is 49.1 Å². The van der Waals surface area contributed by atoms with Crippen molar-refractivity contribution in [3.63, 3.8) is 0 Å². The van der Waals surface area contributed by atoms with Gasteiger partial charge in [-0.2, -0.15) is 0 Å². The molecule has 1 aromatic heterocycles. The third-order valence-electron chi connectivity index (χ3n) is 3.70. The molecule has 0 aliphatic carbocycles. The van der Waals surface area contributed by atoms with Crippen molar-refractivity contribution in [1.82, 2.24) is 15.2 Å². The van der Waals surface area contributed by atoms with Crippen molar-refractivity contribution in [2.24, 2.45) is 0 Å². The Morgan fingerprint density at radius 3 is 2.83 bits per heavy atom. The number of benzene rings is 1. The standard InChI is InChI=1S/C15H21N3/c1-2-6-15-13(5-1)11-14(17-15)12-16-7-10-18-8-3-4-9-18/h1-2,5-6,11,16-17H,3-4,7-10,12H2. The molecule has 0 unspecified atom stereocenters. The van der Waals surface area contributed by atoms with E-state index >= 15 is 0 Å². The molecule has 0 atom stereocenters. The molecule has 0 saturated carbocycles. The number of nitrogens with one attached hydrogen (secondary N) is 2. The van der Waals surface area contributed by atoms with Crippen LogP contribution in [0.1, 0.15) is 18.5 Å². The van der Waals surface area contributed by atoms with E-state index in [0.717, 1.165) is 13.1 Å². The molecule has 3 nitrogen and oxygen atoms in total. The van der Waals surface area contributed by atoms with Crippen molar-refractivity contribution in [2.75, 3.05) is 26.2 Å². The molecule has 3 heteroatoms. The lowest BCUT2D eigenvalue weighted by molar-refractivity contribution is 0.335. The van der Waals surface area contributed by atoms with Gasteiger partial charge in [0.25, 0.3) is 0 Å². The van der Waals surface area contributed by atoms with Crippen LogP contribution in [0.15, 0.2) is 30.3 Å². The highest BCUT2D eigenvalue weighted by molar-refractivity contribution is 5.80. The van der Waals surface area contributed by atoms with Crippen molar-refractivity contribution in [3.05, 3.63) is 36.0 Å². The van der Waals surface area contributed by atoms with Crippen molar-refractivity contribution >= 4 is 10.9 Å². The van der Waals surface area contributed by atoms with Gasteiger partial charge >= 0.3 is 0 Å². The van der Waals surface area contributed by atoms with E-state index in [4.69, 9.17) is 0 Å². The van der Waals surface area contributed by atoms with Gasteiger partial charge in [0.05, 0.1) is 0 Å². The molecule has 96 valence electrons. The van der Waals surface area contributed by atoms with E-state index in [2.05, 4.69) is 45.5 Å². The van der Waals surface area contributed by atoms with Gasteiger partial charge in [-0.25, -0.2) is 0 Å². The Morgan fingerprint density at radius 1 is 1.17 bits per heavy atom. The van der Waals surface area contributed by atoms with Crippen LogP contribution in [0.4, 0.5) is 0 Å². The van der Waals surface area contributed by atoms with E-state index in [1.54, 1.807) is 0 Å². The maximum atomic E-state index is 3.52. The van der Waals surface area contributed by atoms with Crippen molar-refractivity contribution in [3.8, 4) is 0 Å². The second-order valence-electron chi connectivity index (χ2n) is 5.11. The summed E-state index contributed by atoms with van der Waals surface area (Å²) in [6, 6.07) is 10.7. The average molecular weight is 243 g/mol. The first-order chi connectivity index (χ1) is 8.92. The Kier molecular flexibility index (Phi) is 3.62. The van der Waals surface area contributed by atoms with Crippen molar-refractivity contribution in [2.45, 2.75) is 19.4 Å². The van der Waals surface area contributed by atoms with E-state index < -0.39 is 0 Å². The summed E-state index contributed by atoms with van der Waals surface area (Å²) in [4.78, 5) is 5.99. The highest BCUT2D eigenvalue weighted by Gasteiger charge is 2.10. The van der Waals surface area contributed by atoms with Crippen LogP contribution in [0.25, 0.3) is 10.9 Å². The quantitative estimate of drug-likeness (QED) is 0.790. The molecule has 2 aromatic rings. The molecule has 2 heterocycles. The molecule has 0 amide bonds. The minimum Gasteiger partial charge on any atom is -0.357 e. The van der Waals surface area contributed by atoms with Gasteiger partial charge in [0.15, 0.2) is 0 Å². The molecule has 0 spiro atoms. The molecule has 18 heavy (non-hydrogen) atoms. The van der Waals surface area contributed by atoms with E-state index in [1.807, 2.05) is 0 Å². The zero-order valence-electron chi connectivity index (χ0n) is 10.8. The summed E-state index contributed by atoms with van der Waals surface area (Å²) in [7, 11) is 0. The first kappa shape index (κ1) is 11.8. The zero-order chi connectivity index (χ0) is 12.2. The van der Waals surface area contributed by atoms with Gasteiger partial charge in [0.1, 0.15) is 0 Å². The molecule has 1 aliphatic heterocycles. The summed E-state index contributed by atoms with van der Waals surface area (Å²) in [5, 5.41) is 4.82. The molecule has 2 N–H and O–H groups in total. The number of hydrogen-bond donors (Lipinski definition) is 2. The SMILES string of the molecule is c1ccc2[nH]c(CNCCN3CCCC3)cc2c1. The third-order valence-corrected chi connectivity index (χ3v) is 3.70. The minimum atomic E-state index is 0.933. The van der Waals surface area contributed by atoms with Crippen LogP contribution < -0.4 is 5.32 Å². The number of aromatic nitrogens is 1. The maximum Gasteiger partial charge on any atom is 0.0456 e.